The molecule has 0 spiro atoms. The lowest BCUT2D eigenvalue weighted by Gasteiger charge is -2.28. The summed E-state index contributed by atoms with van der Waals surface area (Å²) in [6, 6.07) is 0. The Kier molecular flexibility index (Phi) is 14.7. The first-order valence-corrected chi connectivity index (χ1v) is 27.4. The molecule has 3 aliphatic rings. The minimum absolute atomic E-state index is 0.0372. The van der Waals surface area contributed by atoms with E-state index in [1.54, 1.807) is 0 Å². The first-order valence-electron chi connectivity index (χ1n) is 20.6. The summed E-state index contributed by atoms with van der Waals surface area (Å²) in [4.78, 5) is 59.6. The minimum atomic E-state index is -4.32. The molecule has 0 aliphatic carbocycles. The molecule has 3 saturated heterocycles. The zero-order valence-electron chi connectivity index (χ0n) is 36.3. The van der Waals surface area contributed by atoms with Gasteiger partial charge in [-0.2, -0.15) is 0 Å². The van der Waals surface area contributed by atoms with Crippen molar-refractivity contribution in [2.45, 2.75) is 80.0 Å². The van der Waals surface area contributed by atoms with Crippen molar-refractivity contribution in [1.29, 1.82) is 0 Å². The molecule has 35 heteroatoms. The zero-order valence-corrected chi connectivity index (χ0v) is 40.7. The fourth-order valence-electron chi connectivity index (χ4n) is 8.33. The number of aromatic nitrogens is 12. The number of rotatable bonds is 19. The lowest BCUT2D eigenvalue weighted by molar-refractivity contribution is -0.0577. The highest BCUT2D eigenvalue weighted by molar-refractivity contribution is 8.07. The first kappa shape index (κ1) is 50.0. The molecule has 9 heterocycles. The fraction of sp³-hybridized carbons (Fsp3) is 0.559. The van der Waals surface area contributed by atoms with Gasteiger partial charge in [0, 0.05) is 21.3 Å². The van der Waals surface area contributed by atoms with Crippen molar-refractivity contribution in [3.05, 3.63) is 38.0 Å². The molecule has 0 aromatic carbocycles. The van der Waals surface area contributed by atoms with E-state index in [9.17, 15) is 24.6 Å². The monoisotopic (exact) mass is 1060 g/mol. The smallest absolute Gasteiger partial charge is 0.327 e. The molecule has 3 aliphatic heterocycles. The van der Waals surface area contributed by atoms with Gasteiger partial charge in [-0.3, -0.25) is 22.8 Å². The Labute approximate surface area is 400 Å². The molecule has 3 fully saturated rings. The Morgan fingerprint density at radius 3 is 1.67 bits per heavy atom. The largest absolute Gasteiger partial charge is 0.387 e. The van der Waals surface area contributed by atoms with E-state index in [0.29, 0.717) is 0 Å². The van der Waals surface area contributed by atoms with Crippen LogP contribution in [0, 0.1) is 0 Å². The first-order chi connectivity index (χ1) is 33.0. The van der Waals surface area contributed by atoms with E-state index in [1.165, 1.54) is 65.9 Å². The van der Waals surface area contributed by atoms with Gasteiger partial charge in [0.05, 0.1) is 44.5 Å². The van der Waals surface area contributed by atoms with Crippen molar-refractivity contribution >= 4 is 96.0 Å². The molecule has 6 aromatic heterocycles. The third-order valence-electron chi connectivity index (χ3n) is 11.7. The summed E-state index contributed by atoms with van der Waals surface area (Å²) < 4.78 is 76.9. The van der Waals surface area contributed by atoms with Crippen molar-refractivity contribution in [2.75, 3.05) is 57.9 Å². The second-order valence-electron chi connectivity index (χ2n) is 15.6. The summed E-state index contributed by atoms with van der Waals surface area (Å²) in [5.41, 5.74) is 19.7. The molecule has 0 amide bonds. The molecule has 30 nitrogen and oxygen atoms in total. The summed E-state index contributed by atoms with van der Waals surface area (Å²) in [6.07, 6.45) is -6.03. The van der Waals surface area contributed by atoms with Gasteiger partial charge in [0.15, 0.2) is 60.2 Å². The maximum absolute atomic E-state index is 12.5. The highest BCUT2D eigenvalue weighted by atomic mass is 32.5. The van der Waals surface area contributed by atoms with Crippen LogP contribution in [0.1, 0.15) is 25.1 Å². The van der Waals surface area contributed by atoms with E-state index in [4.69, 9.17) is 87.1 Å². The molecule has 0 saturated carbocycles. The van der Waals surface area contributed by atoms with Crippen molar-refractivity contribution in [2.24, 2.45) is 0 Å². The van der Waals surface area contributed by atoms with Crippen molar-refractivity contribution in [3.63, 3.8) is 0 Å². The molecule has 6 aromatic rings. The van der Waals surface area contributed by atoms with Gasteiger partial charge in [-0.05, 0) is 30.0 Å². The van der Waals surface area contributed by atoms with Crippen LogP contribution in [0.15, 0.2) is 38.0 Å². The average molecular weight is 1060 g/mol. The van der Waals surface area contributed by atoms with Crippen LogP contribution in [0.3, 0.4) is 0 Å². The number of aliphatic hydroxyl groups excluding tert-OH is 2. The van der Waals surface area contributed by atoms with E-state index in [2.05, 4.69) is 44.9 Å². The third kappa shape index (κ3) is 9.86. The SMILES string of the molecule is CO[C@H]1[C@@H](O[PH](=S)OC[C@H]2O[C@@H](n3cnc4c(N)ncnc43)[C@H](O)[C@@H]2O)[C@H](n2cnc3c(N)ncnc32)O[C@@H]1CO[P@@](O)(=S)O[C@@H]1[C@H](OC)[C@@H](CCP(=O)(O)OC)O[C@H]1n1cnc2c(N)ncnc21. The predicted molar refractivity (Wildman–Crippen MR) is 245 cm³/mol. The number of imidazole rings is 3. The van der Waals surface area contributed by atoms with Crippen LogP contribution in [0.4, 0.5) is 17.5 Å². The molecule has 9 rings (SSSR count). The summed E-state index contributed by atoms with van der Waals surface area (Å²) in [5.74, 6) is 0.304. The Morgan fingerprint density at radius 2 is 1.14 bits per heavy atom. The van der Waals surface area contributed by atoms with Crippen molar-refractivity contribution in [1.82, 2.24) is 58.6 Å². The second-order valence-corrected chi connectivity index (χ2v) is 22.5. The number of anilines is 3. The number of nitrogens with two attached hydrogens (primary N) is 3. The van der Waals surface area contributed by atoms with E-state index >= 15 is 0 Å². The second kappa shape index (κ2) is 20.3. The Hall–Kier alpha value is -3.98. The van der Waals surface area contributed by atoms with Gasteiger partial charge in [0.1, 0.15) is 84.4 Å². The van der Waals surface area contributed by atoms with E-state index in [-0.39, 0.29) is 70.1 Å². The van der Waals surface area contributed by atoms with Gasteiger partial charge in [0.2, 0.25) is 0 Å². The lowest BCUT2D eigenvalue weighted by atomic mass is 10.1. The van der Waals surface area contributed by atoms with Gasteiger partial charge in [-0.25, -0.2) is 44.9 Å². The highest BCUT2D eigenvalue weighted by Gasteiger charge is 2.52. The highest BCUT2D eigenvalue weighted by Crippen LogP contribution is 2.53. The number of ether oxygens (including phenoxy) is 5. The molecular formula is C34H46N15O15P3S2. The predicted octanol–water partition coefficient (Wildman–Crippen LogP) is -0.555. The summed E-state index contributed by atoms with van der Waals surface area (Å²) in [7, 11) is -2.83. The minimum Gasteiger partial charge on any atom is -0.387 e. The van der Waals surface area contributed by atoms with E-state index in [0.717, 1.165) is 7.11 Å². The molecule has 69 heavy (non-hydrogen) atoms. The number of methoxy groups -OCH3 is 2. The van der Waals surface area contributed by atoms with Crippen LogP contribution in [0.5, 0.6) is 0 Å². The van der Waals surface area contributed by atoms with Gasteiger partial charge >= 0.3 is 14.3 Å². The van der Waals surface area contributed by atoms with Crippen molar-refractivity contribution < 1.29 is 70.9 Å². The third-order valence-corrected chi connectivity index (χ3v) is 16.1. The lowest BCUT2D eigenvalue weighted by Crippen LogP contribution is -2.37. The molecule has 10 N–H and O–H groups in total. The number of nitrogens with zero attached hydrogens (tertiary/aromatic N) is 12. The van der Waals surface area contributed by atoms with E-state index < -0.39 is 102 Å². The maximum atomic E-state index is 12.5. The zero-order chi connectivity index (χ0) is 48.9. The number of hydrogen-bond acceptors (Lipinski definition) is 27. The van der Waals surface area contributed by atoms with Crippen LogP contribution < -0.4 is 17.2 Å². The molecule has 0 bridgehead atoms. The average Bonchev–Trinajstić information content (AvgIpc) is 4.19. The van der Waals surface area contributed by atoms with Crippen LogP contribution in [-0.2, 0) is 74.5 Å². The summed E-state index contributed by atoms with van der Waals surface area (Å²) in [6.45, 7) is -5.08. The van der Waals surface area contributed by atoms with Gasteiger partial charge in [-0.1, -0.05) is 0 Å². The van der Waals surface area contributed by atoms with Crippen LogP contribution in [-0.4, -0.2) is 174 Å². The normalized spacial score (nSPS) is 30.7. The Balaban J connectivity index is 0.926. The number of nitrogen functional groups attached to an aromatic ring is 3. The molecule has 0 radical (unpaired) electrons. The number of hydrogen-bond donors (Lipinski definition) is 7. The maximum Gasteiger partial charge on any atom is 0.327 e. The standard InChI is InChI=1S/C34H46N15O15P3S2/c1-55-22-14(4-5-66(52,53)57-3)60-34(49-13-46-19-28(37)40-10-43-31(19)49)25(22)64-67(54,69)59-7-16-23(56-2)24(33(62-16)48-12-45-18-27(36)39-9-42-30(18)48)63-65(68)58-6-15-20(50)21(51)32(61-15)47-11-44-17-26(35)38-8-41-29(17)47/h8-16,20-25,32-34,50-51,65H,4-7H2,1-3H3,(H,52,53)(H,54,69)(H2,35,38,41)(H2,36,39,42)(H2,37,40,43)/t14-,15-,16-,20-,21-,22-,23-,24-,25-,32-,33-,34-,67-/m1/s1. The molecule has 374 valence electrons. The quantitative estimate of drug-likeness (QED) is 0.0500. The summed E-state index contributed by atoms with van der Waals surface area (Å²) in [5, 5.41) is 22.0. The number of fused-ring (bicyclic) bond motifs is 3. The van der Waals surface area contributed by atoms with Crippen LogP contribution >= 0.6 is 21.5 Å². The van der Waals surface area contributed by atoms with Crippen LogP contribution in [0.25, 0.3) is 33.5 Å². The van der Waals surface area contributed by atoms with Gasteiger partial charge < -0.3 is 79.0 Å². The fourth-order valence-corrected chi connectivity index (χ4v) is 11.9. The Morgan fingerprint density at radius 1 is 0.667 bits per heavy atom. The molecular weight excluding hydrogens is 1020 g/mol. The Bertz CT molecular complexity index is 2940. The topological polar surface area (TPSA) is 399 Å². The number of aliphatic hydroxyl groups is 2. The van der Waals surface area contributed by atoms with E-state index in [1.807, 2.05) is 0 Å². The van der Waals surface area contributed by atoms with Gasteiger partial charge in [0.25, 0.3) is 0 Å². The summed E-state index contributed by atoms with van der Waals surface area (Å²) >= 11 is 11.3. The van der Waals surface area contributed by atoms with Crippen molar-refractivity contribution in [3.8, 4) is 0 Å². The van der Waals surface area contributed by atoms with Crippen LogP contribution in [0.2, 0.25) is 0 Å². The van der Waals surface area contributed by atoms with Gasteiger partial charge in [-0.15, -0.1) is 0 Å². The molecule has 15 atom stereocenters. The molecule has 2 unspecified atom stereocenters.